The van der Waals surface area contributed by atoms with Gasteiger partial charge < -0.3 is 11.1 Å². The highest BCUT2D eigenvalue weighted by molar-refractivity contribution is 7.89. The fourth-order valence-corrected chi connectivity index (χ4v) is 2.83. The lowest BCUT2D eigenvalue weighted by Crippen LogP contribution is -2.33. The molecule has 0 bridgehead atoms. The van der Waals surface area contributed by atoms with Gasteiger partial charge in [-0.15, -0.1) is 0 Å². The number of amides is 1. The van der Waals surface area contributed by atoms with Gasteiger partial charge in [0.15, 0.2) is 0 Å². The number of hydrogen-bond acceptors (Lipinski definition) is 4. The van der Waals surface area contributed by atoms with E-state index in [2.05, 4.69) is 5.32 Å². The van der Waals surface area contributed by atoms with Gasteiger partial charge >= 0.3 is 0 Å². The molecule has 0 aromatic heterocycles. The fourth-order valence-electron chi connectivity index (χ4n) is 1.98. The van der Waals surface area contributed by atoms with Crippen molar-refractivity contribution >= 4 is 15.9 Å². The number of rotatable bonds is 9. The Labute approximate surface area is 132 Å². The Bertz CT molecular complexity index is 561. The largest absolute Gasteiger partial charge is 0.356 e. The minimum absolute atomic E-state index is 0.0851. The molecule has 0 heterocycles. The summed E-state index contributed by atoms with van der Waals surface area (Å²) >= 11 is 0. The molecule has 1 atom stereocenters. The highest BCUT2D eigenvalue weighted by Gasteiger charge is 2.14. The number of nitrogens with two attached hydrogens (primary N) is 1. The van der Waals surface area contributed by atoms with E-state index in [4.69, 9.17) is 5.73 Å². The van der Waals surface area contributed by atoms with Crippen molar-refractivity contribution in [3.05, 3.63) is 35.9 Å². The zero-order chi connectivity index (χ0) is 16.6. The first-order valence-electron chi connectivity index (χ1n) is 7.38. The Kier molecular flexibility index (Phi) is 7.50. The van der Waals surface area contributed by atoms with E-state index in [-0.39, 0.29) is 24.1 Å². The molecule has 0 saturated carbocycles. The molecule has 0 saturated heterocycles. The Hall–Kier alpha value is -1.44. The summed E-state index contributed by atoms with van der Waals surface area (Å²) in [4.78, 5) is 11.8. The van der Waals surface area contributed by atoms with Gasteiger partial charge in [-0.3, -0.25) is 4.79 Å². The molecule has 0 aliphatic heterocycles. The molecule has 7 heteroatoms. The van der Waals surface area contributed by atoms with Crippen LogP contribution in [0.25, 0.3) is 0 Å². The van der Waals surface area contributed by atoms with Gasteiger partial charge in [0.1, 0.15) is 0 Å². The van der Waals surface area contributed by atoms with Gasteiger partial charge in [0, 0.05) is 32.6 Å². The smallest absolute Gasteiger partial charge is 0.221 e. The highest BCUT2D eigenvalue weighted by Crippen LogP contribution is 2.12. The zero-order valence-corrected chi connectivity index (χ0v) is 14.0. The first-order valence-corrected chi connectivity index (χ1v) is 8.99. The average molecular weight is 327 g/mol. The molecule has 0 radical (unpaired) electrons. The lowest BCUT2D eigenvalue weighted by Gasteiger charge is -2.16. The molecular weight excluding hydrogens is 302 g/mol. The summed E-state index contributed by atoms with van der Waals surface area (Å²) < 4.78 is 24.4. The van der Waals surface area contributed by atoms with Crippen molar-refractivity contribution in [2.45, 2.75) is 25.8 Å². The highest BCUT2D eigenvalue weighted by atomic mass is 32.2. The van der Waals surface area contributed by atoms with Crippen molar-refractivity contribution in [1.82, 2.24) is 9.62 Å². The van der Waals surface area contributed by atoms with Crippen molar-refractivity contribution in [3.63, 3.8) is 0 Å². The Balaban J connectivity index is 2.27. The molecule has 124 valence electrons. The molecule has 6 nitrogen and oxygen atoms in total. The Morgan fingerprint density at radius 1 is 1.32 bits per heavy atom. The topological polar surface area (TPSA) is 92.5 Å². The van der Waals surface area contributed by atoms with Crippen molar-refractivity contribution < 1.29 is 13.2 Å². The predicted molar refractivity (Wildman–Crippen MR) is 87.7 cm³/mol. The maximum atomic E-state index is 11.8. The molecule has 1 aromatic carbocycles. The summed E-state index contributed by atoms with van der Waals surface area (Å²) in [5, 5.41) is 2.77. The molecule has 1 aromatic rings. The third-order valence-corrected chi connectivity index (χ3v) is 5.31. The number of carbonyl (C=O) groups excluding carboxylic acids is 1. The van der Waals surface area contributed by atoms with Crippen LogP contribution in [0.3, 0.4) is 0 Å². The van der Waals surface area contributed by atoms with Crippen LogP contribution in [0.5, 0.6) is 0 Å². The van der Waals surface area contributed by atoms with Gasteiger partial charge in [-0.2, -0.15) is 0 Å². The molecule has 0 fully saturated rings. The van der Waals surface area contributed by atoms with Crippen LogP contribution >= 0.6 is 0 Å². The number of sulfonamides is 1. The third kappa shape index (κ3) is 6.13. The third-order valence-electron chi connectivity index (χ3n) is 3.44. The van der Waals surface area contributed by atoms with Gasteiger partial charge in [0.25, 0.3) is 0 Å². The molecule has 1 unspecified atom stereocenters. The second-order valence-corrected chi connectivity index (χ2v) is 7.51. The minimum Gasteiger partial charge on any atom is -0.356 e. The summed E-state index contributed by atoms with van der Waals surface area (Å²) in [5.41, 5.74) is 6.90. The van der Waals surface area contributed by atoms with Crippen LogP contribution in [0.4, 0.5) is 0 Å². The van der Waals surface area contributed by atoms with Crippen LogP contribution in [0.2, 0.25) is 0 Å². The molecular formula is C15H25N3O3S. The van der Waals surface area contributed by atoms with E-state index < -0.39 is 10.0 Å². The SMILES string of the molecule is CCS(=O)(=O)N(C)CCCNC(=O)CC(N)c1ccccc1. The number of benzene rings is 1. The van der Waals surface area contributed by atoms with Crippen LogP contribution in [-0.4, -0.2) is 44.5 Å². The van der Waals surface area contributed by atoms with E-state index in [1.54, 1.807) is 14.0 Å². The van der Waals surface area contributed by atoms with E-state index >= 15 is 0 Å². The van der Waals surface area contributed by atoms with Crippen LogP contribution in [-0.2, 0) is 14.8 Å². The van der Waals surface area contributed by atoms with E-state index in [1.165, 1.54) is 4.31 Å². The zero-order valence-electron chi connectivity index (χ0n) is 13.2. The van der Waals surface area contributed by atoms with Crippen LogP contribution in [0, 0.1) is 0 Å². The summed E-state index contributed by atoms with van der Waals surface area (Å²) in [7, 11) is -1.61. The second kappa shape index (κ2) is 8.87. The van der Waals surface area contributed by atoms with E-state index in [9.17, 15) is 13.2 Å². The van der Waals surface area contributed by atoms with Crippen molar-refractivity contribution in [2.75, 3.05) is 25.9 Å². The normalized spacial score (nSPS) is 13.1. The van der Waals surface area contributed by atoms with E-state index in [0.717, 1.165) is 5.56 Å². The molecule has 22 heavy (non-hydrogen) atoms. The Morgan fingerprint density at radius 2 is 1.95 bits per heavy atom. The van der Waals surface area contributed by atoms with Gasteiger partial charge in [-0.1, -0.05) is 30.3 Å². The number of hydrogen-bond donors (Lipinski definition) is 2. The maximum absolute atomic E-state index is 11.8. The predicted octanol–water partition coefficient (Wildman–Crippen LogP) is 0.864. The van der Waals surface area contributed by atoms with Crippen molar-refractivity contribution in [3.8, 4) is 0 Å². The second-order valence-electron chi connectivity index (χ2n) is 5.15. The van der Waals surface area contributed by atoms with Crippen LogP contribution in [0.15, 0.2) is 30.3 Å². The quantitative estimate of drug-likeness (QED) is 0.658. The monoisotopic (exact) mass is 327 g/mol. The average Bonchev–Trinajstić information content (AvgIpc) is 2.52. The molecule has 0 aliphatic rings. The maximum Gasteiger partial charge on any atom is 0.221 e. The van der Waals surface area contributed by atoms with Crippen LogP contribution < -0.4 is 11.1 Å². The Morgan fingerprint density at radius 3 is 2.55 bits per heavy atom. The first-order chi connectivity index (χ1) is 10.4. The van der Waals surface area contributed by atoms with E-state index in [1.807, 2.05) is 30.3 Å². The van der Waals surface area contributed by atoms with Gasteiger partial charge in [-0.05, 0) is 18.9 Å². The number of carbonyl (C=O) groups is 1. The molecule has 0 spiro atoms. The minimum atomic E-state index is -3.15. The standard InChI is InChI=1S/C15H25N3O3S/c1-3-22(20,21)18(2)11-7-10-17-15(19)12-14(16)13-8-5-4-6-9-13/h4-6,8-9,14H,3,7,10-12,16H2,1-2H3,(H,17,19). The first kappa shape index (κ1) is 18.6. The number of nitrogens with zero attached hydrogens (tertiary/aromatic N) is 1. The summed E-state index contributed by atoms with van der Waals surface area (Å²) in [5.74, 6) is -0.0423. The molecule has 1 rings (SSSR count). The van der Waals surface area contributed by atoms with Crippen molar-refractivity contribution in [1.29, 1.82) is 0 Å². The molecule has 1 amide bonds. The summed E-state index contributed by atoms with van der Waals surface area (Å²) in [6, 6.07) is 9.13. The molecule has 3 N–H and O–H groups in total. The van der Waals surface area contributed by atoms with Gasteiger partial charge in [0.05, 0.1) is 5.75 Å². The lowest BCUT2D eigenvalue weighted by molar-refractivity contribution is -0.121. The lowest BCUT2D eigenvalue weighted by atomic mass is 10.0. The van der Waals surface area contributed by atoms with Crippen LogP contribution in [0.1, 0.15) is 31.4 Å². The number of nitrogens with one attached hydrogen (secondary N) is 1. The molecule has 0 aliphatic carbocycles. The summed E-state index contributed by atoms with van der Waals surface area (Å²) in [6.45, 7) is 2.43. The summed E-state index contributed by atoms with van der Waals surface area (Å²) in [6.07, 6.45) is 0.787. The fraction of sp³-hybridized carbons (Fsp3) is 0.533. The van der Waals surface area contributed by atoms with Crippen molar-refractivity contribution in [2.24, 2.45) is 5.73 Å². The van der Waals surface area contributed by atoms with E-state index in [0.29, 0.717) is 19.5 Å². The van der Waals surface area contributed by atoms with Gasteiger partial charge in [0.2, 0.25) is 15.9 Å². The van der Waals surface area contributed by atoms with Gasteiger partial charge in [-0.25, -0.2) is 12.7 Å².